The topological polar surface area (TPSA) is 66.5 Å². The Morgan fingerprint density at radius 2 is 0.851 bits per heavy atom. The van der Waals surface area contributed by atoms with E-state index >= 15 is 0 Å². The number of rotatable bonds is 8. The summed E-state index contributed by atoms with van der Waals surface area (Å²) >= 11 is -0.106. The van der Waals surface area contributed by atoms with Crippen molar-refractivity contribution in [2.75, 3.05) is 0 Å². The van der Waals surface area contributed by atoms with Crippen LogP contribution in [-0.4, -0.2) is 15.2 Å². The molecule has 0 saturated heterocycles. The molecule has 0 atom stereocenters. The molecule has 344 valence electrons. The molecule has 67 heavy (non-hydrogen) atoms. The molecule has 0 saturated carbocycles. The molecule has 4 nitrogen and oxygen atoms in total. The van der Waals surface area contributed by atoms with Gasteiger partial charge in [-0.05, 0) is 147 Å². The fourth-order valence-electron chi connectivity index (χ4n) is 7.62. The summed E-state index contributed by atoms with van der Waals surface area (Å²) in [5.74, 6) is -0.942. The Morgan fingerprint density at radius 1 is 0.522 bits per heavy atom. The molecule has 9 rings (SSSR count). The molecular weight excluding hydrogens is 1000 g/mol. The van der Waals surface area contributed by atoms with E-state index in [4.69, 9.17) is 23.5 Å². The van der Waals surface area contributed by atoms with Gasteiger partial charge in [0.05, 0.1) is 0 Å². The van der Waals surface area contributed by atoms with E-state index in [9.17, 15) is 14.6 Å². The third-order valence-electron chi connectivity index (χ3n) is 11.1. The van der Waals surface area contributed by atoms with Crippen LogP contribution in [-0.2, 0) is 15.9 Å². The second-order valence-electron chi connectivity index (χ2n) is 15.7. The predicted octanol–water partition coefficient (Wildman–Crippen LogP) is 13.8. The molecule has 9 aromatic rings. The van der Waals surface area contributed by atoms with E-state index in [1.54, 1.807) is 0 Å². The van der Waals surface area contributed by atoms with E-state index in [2.05, 4.69) is 199 Å². The van der Waals surface area contributed by atoms with Gasteiger partial charge in [-0.15, -0.1) is 0 Å². The molecule has 0 spiro atoms. The summed E-state index contributed by atoms with van der Waals surface area (Å²) in [5, 5.41) is 27.5. The molecule has 0 unspecified atom stereocenters. The third kappa shape index (κ3) is 12.8. The number of fused-ring (bicyclic) bond motifs is 1. The van der Waals surface area contributed by atoms with Gasteiger partial charge < -0.3 is 14.6 Å². The van der Waals surface area contributed by atoms with E-state index in [1.165, 1.54) is 95.5 Å². The van der Waals surface area contributed by atoms with Gasteiger partial charge in [-0.25, -0.2) is 9.37 Å². The van der Waals surface area contributed by atoms with Crippen molar-refractivity contribution in [2.24, 2.45) is 0 Å². The minimum atomic E-state index is -0.753. The Morgan fingerprint density at radius 3 is 1.15 bits per heavy atom. The molecule has 10 heteroatoms. The number of hydrogen-bond acceptors (Lipinski definition) is 4. The molecule has 0 amide bonds. The van der Waals surface area contributed by atoms with Crippen LogP contribution in [0.1, 0.15) is 38.9 Å². The predicted molar refractivity (Wildman–Crippen MR) is 283 cm³/mol. The fourth-order valence-corrected chi connectivity index (χ4v) is 13.2. The maximum atomic E-state index is 13.4. The number of nitrogens with zero attached hydrogens (tertiary/aromatic N) is 1. The van der Waals surface area contributed by atoms with Gasteiger partial charge in [0, 0.05) is 17.2 Å². The molecule has 0 aliphatic carbocycles. The van der Waals surface area contributed by atoms with Gasteiger partial charge in [0.1, 0.15) is 11.3 Å². The summed E-state index contributed by atoms with van der Waals surface area (Å²) in [6.45, 7) is 17.0. The molecule has 0 radical (unpaired) electrons. The standard InChI is InChI=1S/2C21H21P.C15H10FNO3.2ClH.Pd/c2*1-16-10-4-7-13-19(16)22(20-14-8-5-11-17(20)2)21-15-9-6-12-18(21)3;1-2-8-5-10(18)7-12-14(8)20-15(17-12)9-3-4-13(19)11(16)6-9;;;/h2*4-15H,1-3H3;2-7,18-19H,1H2;2*1H;/q;;;;;+2/p-2. The van der Waals surface area contributed by atoms with Crippen LogP contribution in [0.15, 0.2) is 187 Å². The van der Waals surface area contributed by atoms with Crippen LogP contribution in [0.2, 0.25) is 0 Å². The van der Waals surface area contributed by atoms with Crippen LogP contribution in [0, 0.1) is 47.4 Å². The first-order valence-electron chi connectivity index (χ1n) is 21.4. The first-order valence-corrected chi connectivity index (χ1v) is 28.1. The average molecular weight is 1060 g/mol. The van der Waals surface area contributed by atoms with Crippen LogP contribution in [0.3, 0.4) is 0 Å². The number of phenolic OH excluding ortho intramolecular Hbond substituents is 2. The first kappa shape index (κ1) is 51.0. The van der Waals surface area contributed by atoms with Gasteiger partial charge in [-0.1, -0.05) is 158 Å². The summed E-state index contributed by atoms with van der Waals surface area (Å²) in [6, 6.07) is 59.6. The van der Waals surface area contributed by atoms with Crippen molar-refractivity contribution in [3.63, 3.8) is 0 Å². The van der Waals surface area contributed by atoms with E-state index in [1.807, 2.05) is 0 Å². The average Bonchev–Trinajstić information content (AvgIpc) is 3.76. The van der Waals surface area contributed by atoms with Crippen molar-refractivity contribution in [2.45, 2.75) is 41.5 Å². The number of oxazole rings is 1. The van der Waals surface area contributed by atoms with Gasteiger partial charge in [-0.2, -0.15) is 0 Å². The molecule has 0 aliphatic heterocycles. The van der Waals surface area contributed by atoms with E-state index < -0.39 is 27.4 Å². The third-order valence-corrected chi connectivity index (χ3v) is 17.0. The molecular formula is C57H52Cl2FNO3P2Pd. The summed E-state index contributed by atoms with van der Waals surface area (Å²) in [5.41, 5.74) is 10.1. The van der Waals surface area contributed by atoms with E-state index in [-0.39, 0.29) is 27.6 Å². The Bertz CT molecular complexity index is 2750. The molecule has 1 aromatic heterocycles. The van der Waals surface area contributed by atoms with Gasteiger partial charge >= 0.3 is 35.0 Å². The van der Waals surface area contributed by atoms with Crippen LogP contribution in [0.5, 0.6) is 11.5 Å². The van der Waals surface area contributed by atoms with Crippen molar-refractivity contribution >= 4 is 83.9 Å². The Hall–Kier alpha value is -5.40. The van der Waals surface area contributed by atoms with Crippen LogP contribution >= 0.6 is 34.9 Å². The summed E-state index contributed by atoms with van der Waals surface area (Å²) < 4.78 is 18.9. The molecule has 8 aromatic carbocycles. The number of hydrogen-bond donors (Lipinski definition) is 2. The van der Waals surface area contributed by atoms with Crippen LogP contribution in [0.4, 0.5) is 4.39 Å². The quantitative estimate of drug-likeness (QED) is 0.118. The number of benzene rings is 8. The first-order chi connectivity index (χ1) is 32.4. The van der Waals surface area contributed by atoms with Crippen molar-refractivity contribution in [1.82, 2.24) is 4.98 Å². The van der Waals surface area contributed by atoms with Crippen LogP contribution in [0.25, 0.3) is 28.6 Å². The molecule has 1 heterocycles. The number of phenols is 2. The Balaban J connectivity index is 0.000000161. The van der Waals surface area contributed by atoms with Crippen molar-refractivity contribution in [3.8, 4) is 23.0 Å². The monoisotopic (exact) mass is 1060 g/mol. The molecule has 2 N–H and O–H groups in total. The zero-order valence-corrected chi connectivity index (χ0v) is 43.0. The van der Waals surface area contributed by atoms with Crippen LogP contribution < -0.4 is 31.8 Å². The molecule has 0 aliphatic rings. The minimum absolute atomic E-state index is 0.0455. The number of aryl methyl sites for hydroxylation is 6. The van der Waals surface area contributed by atoms with E-state index in [0.717, 1.165) is 6.07 Å². The zero-order valence-electron chi connectivity index (χ0n) is 38.1. The van der Waals surface area contributed by atoms with Gasteiger partial charge in [0.2, 0.25) is 5.89 Å². The Labute approximate surface area is 412 Å². The Kier molecular flexibility index (Phi) is 18.7. The second-order valence-corrected chi connectivity index (χ2v) is 22.3. The van der Waals surface area contributed by atoms with Gasteiger partial charge in [0.15, 0.2) is 17.1 Å². The number of aromatic hydroxyl groups is 2. The SMILES string of the molecule is C=Cc1cc(O)cc2nc(-c3ccc(O)c(F)c3)oc12.Cc1ccccc1P(c1ccccc1C)c1ccccc1C.Cc1ccccc1P(c1ccccc1C)c1ccccc1C.[Cl][Pd][Cl]. The number of halogens is 3. The van der Waals surface area contributed by atoms with Crippen molar-refractivity contribution in [1.29, 1.82) is 0 Å². The van der Waals surface area contributed by atoms with Crippen molar-refractivity contribution < 1.29 is 35.0 Å². The maximum absolute atomic E-state index is 13.4. The fraction of sp³-hybridized carbons (Fsp3) is 0.105. The summed E-state index contributed by atoms with van der Waals surface area (Å²) in [7, 11) is 8.61. The number of aromatic nitrogens is 1. The molecule has 0 bridgehead atoms. The normalized spacial score (nSPS) is 10.7. The summed E-state index contributed by atoms with van der Waals surface area (Å²) in [6.07, 6.45) is 1.54. The molecule has 0 fully saturated rings. The van der Waals surface area contributed by atoms with Crippen molar-refractivity contribution in [3.05, 3.63) is 227 Å². The zero-order chi connectivity index (χ0) is 48.0. The van der Waals surface area contributed by atoms with Gasteiger partial charge in [0.25, 0.3) is 0 Å². The summed E-state index contributed by atoms with van der Waals surface area (Å²) in [4.78, 5) is 4.20. The second kappa shape index (κ2) is 24.6. The van der Waals surface area contributed by atoms with Gasteiger partial charge in [-0.3, -0.25) is 0 Å². The van der Waals surface area contributed by atoms with E-state index in [0.29, 0.717) is 22.2 Å².